The zero-order valence-corrected chi connectivity index (χ0v) is 11.8. The first kappa shape index (κ1) is 12.3. The summed E-state index contributed by atoms with van der Waals surface area (Å²) >= 11 is 1.42. The number of pyridine rings is 1. The van der Waals surface area contributed by atoms with E-state index in [4.69, 9.17) is 0 Å². The van der Waals surface area contributed by atoms with Crippen molar-refractivity contribution in [3.63, 3.8) is 0 Å². The van der Waals surface area contributed by atoms with Crippen LogP contribution in [0, 0.1) is 6.92 Å². The minimum atomic E-state index is 0.0571. The standard InChI is InChI=1S/C13H16N4OS/c1-3-14-13-16-15-11(19-13)10-7-4-8(2)17(12(10)18)9-5-6-9/h4,7,9H,3,5-6H2,1-2H3,(H,14,16). The van der Waals surface area contributed by atoms with Gasteiger partial charge < -0.3 is 9.88 Å². The van der Waals surface area contributed by atoms with Crippen LogP contribution in [-0.2, 0) is 0 Å². The molecule has 3 rings (SSSR count). The van der Waals surface area contributed by atoms with E-state index in [9.17, 15) is 4.79 Å². The highest BCUT2D eigenvalue weighted by Gasteiger charge is 2.27. The number of nitrogens with one attached hydrogen (secondary N) is 1. The normalized spacial score (nSPS) is 14.6. The van der Waals surface area contributed by atoms with Gasteiger partial charge >= 0.3 is 0 Å². The van der Waals surface area contributed by atoms with Crippen molar-refractivity contribution in [2.75, 3.05) is 11.9 Å². The summed E-state index contributed by atoms with van der Waals surface area (Å²) in [6.45, 7) is 4.79. The quantitative estimate of drug-likeness (QED) is 0.931. The van der Waals surface area contributed by atoms with E-state index >= 15 is 0 Å². The third kappa shape index (κ3) is 2.28. The molecule has 2 aromatic heterocycles. The molecule has 0 radical (unpaired) electrons. The molecule has 0 aliphatic heterocycles. The highest BCUT2D eigenvalue weighted by Crippen LogP contribution is 2.35. The lowest BCUT2D eigenvalue weighted by Gasteiger charge is -2.09. The van der Waals surface area contributed by atoms with Gasteiger partial charge in [-0.3, -0.25) is 4.79 Å². The second kappa shape index (κ2) is 4.77. The Bertz CT molecular complexity index is 657. The molecular formula is C13H16N4OS. The molecule has 0 amide bonds. The Balaban J connectivity index is 2.04. The molecule has 1 N–H and O–H groups in total. The fourth-order valence-electron chi connectivity index (χ4n) is 2.15. The average Bonchev–Trinajstić information content (AvgIpc) is 3.10. The largest absolute Gasteiger partial charge is 0.360 e. The van der Waals surface area contributed by atoms with Crippen LogP contribution in [0.15, 0.2) is 16.9 Å². The highest BCUT2D eigenvalue weighted by atomic mass is 32.1. The average molecular weight is 276 g/mol. The summed E-state index contributed by atoms with van der Waals surface area (Å²) in [4.78, 5) is 12.5. The maximum atomic E-state index is 12.5. The first-order chi connectivity index (χ1) is 9.20. The molecule has 2 aromatic rings. The zero-order valence-electron chi connectivity index (χ0n) is 11.0. The topological polar surface area (TPSA) is 59.8 Å². The lowest BCUT2D eigenvalue weighted by molar-refractivity contribution is 0.683. The molecule has 0 spiro atoms. The van der Waals surface area contributed by atoms with Gasteiger partial charge in [0.2, 0.25) is 5.13 Å². The Hall–Kier alpha value is -1.69. The summed E-state index contributed by atoms with van der Waals surface area (Å²) in [6.07, 6.45) is 2.20. The van der Waals surface area contributed by atoms with Crippen LogP contribution in [0.5, 0.6) is 0 Å². The van der Waals surface area contributed by atoms with Crippen LogP contribution in [0.4, 0.5) is 5.13 Å². The third-order valence-electron chi connectivity index (χ3n) is 3.22. The zero-order chi connectivity index (χ0) is 13.4. The first-order valence-electron chi connectivity index (χ1n) is 6.50. The van der Waals surface area contributed by atoms with Gasteiger partial charge in [0.25, 0.3) is 5.56 Å². The van der Waals surface area contributed by atoms with Crippen molar-refractivity contribution in [1.29, 1.82) is 0 Å². The molecule has 19 heavy (non-hydrogen) atoms. The Kier molecular flexibility index (Phi) is 3.10. The summed E-state index contributed by atoms with van der Waals surface area (Å²) < 4.78 is 1.89. The molecule has 100 valence electrons. The van der Waals surface area contributed by atoms with Crippen molar-refractivity contribution >= 4 is 16.5 Å². The van der Waals surface area contributed by atoms with Crippen molar-refractivity contribution in [2.45, 2.75) is 32.7 Å². The van der Waals surface area contributed by atoms with E-state index in [1.165, 1.54) is 11.3 Å². The van der Waals surface area contributed by atoms with Crippen molar-refractivity contribution in [2.24, 2.45) is 0 Å². The summed E-state index contributed by atoms with van der Waals surface area (Å²) in [7, 11) is 0. The van der Waals surface area contributed by atoms with E-state index < -0.39 is 0 Å². The Morgan fingerprint density at radius 1 is 1.42 bits per heavy atom. The lowest BCUT2D eigenvalue weighted by Crippen LogP contribution is -2.22. The smallest absolute Gasteiger partial charge is 0.261 e. The third-order valence-corrected chi connectivity index (χ3v) is 4.13. The summed E-state index contributed by atoms with van der Waals surface area (Å²) in [6, 6.07) is 4.23. The van der Waals surface area contributed by atoms with Gasteiger partial charge in [0, 0.05) is 18.3 Å². The molecule has 2 heterocycles. The molecule has 6 heteroatoms. The number of anilines is 1. The second-order valence-electron chi connectivity index (χ2n) is 4.74. The van der Waals surface area contributed by atoms with Crippen LogP contribution in [0.1, 0.15) is 31.5 Å². The molecule has 0 bridgehead atoms. The van der Waals surface area contributed by atoms with Gasteiger partial charge in [-0.2, -0.15) is 0 Å². The Morgan fingerprint density at radius 3 is 2.89 bits per heavy atom. The lowest BCUT2D eigenvalue weighted by atomic mass is 10.2. The number of aryl methyl sites for hydroxylation is 1. The molecule has 0 saturated heterocycles. The van der Waals surface area contributed by atoms with Gasteiger partial charge in [-0.05, 0) is 38.8 Å². The van der Waals surface area contributed by atoms with Crippen LogP contribution < -0.4 is 10.9 Å². The molecular weight excluding hydrogens is 260 g/mol. The Morgan fingerprint density at radius 2 is 2.21 bits per heavy atom. The highest BCUT2D eigenvalue weighted by molar-refractivity contribution is 7.18. The Labute approximate surface area is 115 Å². The van der Waals surface area contributed by atoms with Gasteiger partial charge in [0.05, 0.1) is 5.56 Å². The van der Waals surface area contributed by atoms with Crippen LogP contribution in [-0.4, -0.2) is 21.3 Å². The molecule has 1 saturated carbocycles. The molecule has 0 unspecified atom stereocenters. The van der Waals surface area contributed by atoms with Gasteiger partial charge in [0.1, 0.15) is 0 Å². The number of hydrogen-bond acceptors (Lipinski definition) is 5. The van der Waals surface area contributed by atoms with E-state index in [-0.39, 0.29) is 5.56 Å². The van der Waals surface area contributed by atoms with Crippen LogP contribution in [0.25, 0.3) is 10.6 Å². The van der Waals surface area contributed by atoms with Gasteiger partial charge in [-0.15, -0.1) is 10.2 Å². The molecule has 0 aromatic carbocycles. The molecule has 1 fully saturated rings. The van der Waals surface area contributed by atoms with Crippen LogP contribution in [0.3, 0.4) is 0 Å². The van der Waals surface area contributed by atoms with Crippen molar-refractivity contribution < 1.29 is 0 Å². The minimum absolute atomic E-state index is 0.0571. The SMILES string of the molecule is CCNc1nnc(-c2ccc(C)n(C3CC3)c2=O)s1. The minimum Gasteiger partial charge on any atom is -0.360 e. The maximum Gasteiger partial charge on any atom is 0.261 e. The van der Waals surface area contributed by atoms with Crippen LogP contribution >= 0.6 is 11.3 Å². The predicted molar refractivity (Wildman–Crippen MR) is 76.8 cm³/mol. The predicted octanol–water partition coefficient (Wildman–Crippen LogP) is 2.44. The maximum absolute atomic E-state index is 12.5. The van der Waals surface area contributed by atoms with Crippen molar-refractivity contribution in [3.05, 3.63) is 28.2 Å². The fourth-order valence-corrected chi connectivity index (χ4v) is 2.98. The van der Waals surface area contributed by atoms with Crippen LogP contribution in [0.2, 0.25) is 0 Å². The summed E-state index contributed by atoms with van der Waals surface area (Å²) in [5, 5.41) is 12.7. The number of hydrogen-bond donors (Lipinski definition) is 1. The molecule has 1 aliphatic carbocycles. The second-order valence-corrected chi connectivity index (χ2v) is 5.71. The van der Waals surface area contributed by atoms with Crippen molar-refractivity contribution in [3.8, 4) is 10.6 Å². The number of aromatic nitrogens is 3. The molecule has 5 nitrogen and oxygen atoms in total. The van der Waals surface area contributed by atoms with Gasteiger partial charge in [0.15, 0.2) is 5.01 Å². The van der Waals surface area contributed by atoms with E-state index in [1.54, 1.807) is 0 Å². The van der Waals surface area contributed by atoms with Gasteiger partial charge in [-0.1, -0.05) is 11.3 Å². The summed E-state index contributed by atoms with van der Waals surface area (Å²) in [5.41, 5.74) is 1.73. The number of rotatable bonds is 4. The van der Waals surface area contributed by atoms with E-state index in [0.717, 1.165) is 30.2 Å². The monoisotopic (exact) mass is 276 g/mol. The fraction of sp³-hybridized carbons (Fsp3) is 0.462. The summed E-state index contributed by atoms with van der Waals surface area (Å²) in [5.74, 6) is 0. The first-order valence-corrected chi connectivity index (χ1v) is 7.32. The molecule has 0 atom stereocenters. The van der Waals surface area contributed by atoms with E-state index in [0.29, 0.717) is 16.6 Å². The molecule has 1 aliphatic rings. The van der Waals surface area contributed by atoms with E-state index in [2.05, 4.69) is 15.5 Å². The van der Waals surface area contributed by atoms with Gasteiger partial charge in [-0.25, -0.2) is 0 Å². The van der Waals surface area contributed by atoms with Crippen molar-refractivity contribution in [1.82, 2.24) is 14.8 Å². The number of nitrogens with zero attached hydrogens (tertiary/aromatic N) is 3. The van der Waals surface area contributed by atoms with E-state index in [1.807, 2.05) is 30.5 Å².